The van der Waals surface area contributed by atoms with Gasteiger partial charge in [-0.3, -0.25) is 10.1 Å². The van der Waals surface area contributed by atoms with Crippen molar-refractivity contribution in [3.05, 3.63) is 46.7 Å². The fourth-order valence-corrected chi connectivity index (χ4v) is 2.36. The van der Waals surface area contributed by atoms with Gasteiger partial charge in [-0.2, -0.15) is 5.26 Å². The molecule has 0 saturated heterocycles. The van der Waals surface area contributed by atoms with Crippen LogP contribution in [0, 0.1) is 18.3 Å². The molecule has 0 aliphatic rings. The molecule has 0 spiro atoms. The number of amides is 1. The van der Waals surface area contributed by atoms with Gasteiger partial charge in [-0.05, 0) is 30.5 Å². The Kier molecular flexibility index (Phi) is 6.02. The number of carbonyl (C=O) groups is 2. The molecule has 1 amide bonds. The summed E-state index contributed by atoms with van der Waals surface area (Å²) in [6, 6.07) is 9.31. The van der Waals surface area contributed by atoms with Crippen LogP contribution in [0.4, 0.5) is 5.88 Å². The van der Waals surface area contributed by atoms with E-state index in [0.717, 1.165) is 5.56 Å². The SMILES string of the molecule is COC(=O)c1c(C)oc(NC(=O)COc2cccc(C(C)C)c2)c1C#N. The highest BCUT2D eigenvalue weighted by atomic mass is 16.5. The average Bonchev–Trinajstić information content (AvgIpc) is 2.94. The largest absolute Gasteiger partial charge is 0.484 e. The molecule has 1 N–H and O–H groups in total. The van der Waals surface area contributed by atoms with Gasteiger partial charge in [0.05, 0.1) is 7.11 Å². The lowest BCUT2D eigenvalue weighted by Crippen LogP contribution is -2.20. The van der Waals surface area contributed by atoms with Crippen molar-refractivity contribution in [3.63, 3.8) is 0 Å². The van der Waals surface area contributed by atoms with Crippen LogP contribution < -0.4 is 10.1 Å². The van der Waals surface area contributed by atoms with Gasteiger partial charge >= 0.3 is 5.97 Å². The fraction of sp³-hybridized carbons (Fsp3) is 0.316. The van der Waals surface area contributed by atoms with Crippen molar-refractivity contribution in [2.24, 2.45) is 0 Å². The van der Waals surface area contributed by atoms with E-state index in [1.165, 1.54) is 14.0 Å². The minimum absolute atomic E-state index is 0.00384. The second-order valence-electron chi connectivity index (χ2n) is 5.90. The van der Waals surface area contributed by atoms with Crippen LogP contribution >= 0.6 is 0 Å². The minimum Gasteiger partial charge on any atom is -0.484 e. The Hall–Kier alpha value is -3.27. The minimum atomic E-state index is -0.704. The van der Waals surface area contributed by atoms with Gasteiger partial charge in [-0.25, -0.2) is 4.79 Å². The Balaban J connectivity index is 2.08. The van der Waals surface area contributed by atoms with Gasteiger partial charge in [-0.1, -0.05) is 26.0 Å². The molecule has 0 aliphatic heterocycles. The molecule has 0 bridgehead atoms. The summed E-state index contributed by atoms with van der Waals surface area (Å²) in [6.45, 7) is 5.37. The van der Waals surface area contributed by atoms with Crippen molar-refractivity contribution in [1.82, 2.24) is 0 Å². The van der Waals surface area contributed by atoms with Crippen molar-refractivity contribution in [2.75, 3.05) is 19.0 Å². The van der Waals surface area contributed by atoms with E-state index in [1.54, 1.807) is 6.07 Å². The predicted molar refractivity (Wildman–Crippen MR) is 94.2 cm³/mol. The highest BCUT2D eigenvalue weighted by molar-refractivity contribution is 5.98. The Labute approximate surface area is 151 Å². The van der Waals surface area contributed by atoms with E-state index in [-0.39, 0.29) is 29.4 Å². The van der Waals surface area contributed by atoms with Crippen molar-refractivity contribution >= 4 is 17.8 Å². The lowest BCUT2D eigenvalue weighted by molar-refractivity contribution is -0.118. The first-order valence-electron chi connectivity index (χ1n) is 8.01. The number of hydrogen-bond acceptors (Lipinski definition) is 6. The molecule has 0 aliphatic carbocycles. The standard InChI is InChI=1S/C19H20N2O5/c1-11(2)13-6-5-7-14(8-13)25-10-16(22)21-18-15(9-20)17(12(3)26-18)19(23)24-4/h5-8,11H,10H2,1-4H3,(H,21,22). The van der Waals surface area contributed by atoms with Crippen LogP contribution in [-0.2, 0) is 9.53 Å². The summed E-state index contributed by atoms with van der Waals surface area (Å²) in [6.07, 6.45) is 0. The fourth-order valence-electron chi connectivity index (χ4n) is 2.36. The highest BCUT2D eigenvalue weighted by Crippen LogP contribution is 2.27. The summed E-state index contributed by atoms with van der Waals surface area (Å²) in [7, 11) is 1.20. The topological polar surface area (TPSA) is 102 Å². The molecule has 1 aromatic heterocycles. The van der Waals surface area contributed by atoms with Gasteiger partial charge in [0.25, 0.3) is 5.91 Å². The van der Waals surface area contributed by atoms with Gasteiger partial charge in [0.1, 0.15) is 28.7 Å². The third-order valence-electron chi connectivity index (χ3n) is 3.73. The molecule has 0 fully saturated rings. The second-order valence-corrected chi connectivity index (χ2v) is 5.90. The number of esters is 1. The first kappa shape index (κ1) is 19.1. The summed E-state index contributed by atoms with van der Waals surface area (Å²) in [5, 5.41) is 11.7. The molecule has 26 heavy (non-hydrogen) atoms. The maximum Gasteiger partial charge on any atom is 0.342 e. The van der Waals surface area contributed by atoms with Crippen LogP contribution in [0.2, 0.25) is 0 Å². The number of nitrogens with one attached hydrogen (secondary N) is 1. The number of nitriles is 1. The summed E-state index contributed by atoms with van der Waals surface area (Å²) in [4.78, 5) is 23.9. The Morgan fingerprint density at radius 1 is 1.35 bits per heavy atom. The number of ether oxygens (including phenoxy) is 2. The van der Waals surface area contributed by atoms with Crippen LogP contribution in [0.15, 0.2) is 28.7 Å². The molecule has 2 aromatic rings. The highest BCUT2D eigenvalue weighted by Gasteiger charge is 2.25. The second kappa shape index (κ2) is 8.21. The molecule has 1 heterocycles. The summed E-state index contributed by atoms with van der Waals surface area (Å²) >= 11 is 0. The van der Waals surface area contributed by atoms with E-state index in [0.29, 0.717) is 11.7 Å². The molecular formula is C19H20N2O5. The third kappa shape index (κ3) is 4.22. The van der Waals surface area contributed by atoms with Crippen LogP contribution in [0.1, 0.15) is 47.0 Å². The zero-order valence-electron chi connectivity index (χ0n) is 15.1. The number of hydrogen-bond donors (Lipinski definition) is 1. The maximum absolute atomic E-state index is 12.1. The van der Waals surface area contributed by atoms with E-state index in [4.69, 9.17) is 9.15 Å². The van der Waals surface area contributed by atoms with Crippen LogP contribution in [-0.4, -0.2) is 25.6 Å². The molecule has 0 radical (unpaired) electrons. The molecular weight excluding hydrogens is 336 g/mol. The summed E-state index contributed by atoms with van der Waals surface area (Å²) in [5.41, 5.74) is 1.01. The van der Waals surface area contributed by atoms with Gasteiger partial charge in [0.2, 0.25) is 5.88 Å². The molecule has 7 nitrogen and oxygen atoms in total. The molecule has 0 atom stereocenters. The van der Waals surface area contributed by atoms with Gasteiger partial charge < -0.3 is 13.9 Å². The predicted octanol–water partition coefficient (Wildman–Crippen LogP) is 3.39. The van der Waals surface area contributed by atoms with E-state index < -0.39 is 11.9 Å². The summed E-state index contributed by atoms with van der Waals surface area (Å²) in [5.74, 6) is -0.220. The zero-order valence-corrected chi connectivity index (χ0v) is 15.1. The zero-order chi connectivity index (χ0) is 19.3. The number of rotatable bonds is 6. The number of benzene rings is 1. The molecule has 1 aromatic carbocycles. The number of aryl methyl sites for hydroxylation is 1. The van der Waals surface area contributed by atoms with E-state index >= 15 is 0 Å². The monoisotopic (exact) mass is 356 g/mol. The van der Waals surface area contributed by atoms with Crippen molar-refractivity contribution in [2.45, 2.75) is 26.7 Å². The first-order valence-corrected chi connectivity index (χ1v) is 8.01. The van der Waals surface area contributed by atoms with Crippen LogP contribution in [0.5, 0.6) is 5.75 Å². The van der Waals surface area contributed by atoms with Gasteiger partial charge in [0.15, 0.2) is 6.61 Å². The molecule has 0 saturated carbocycles. The first-order chi connectivity index (χ1) is 12.4. The van der Waals surface area contributed by atoms with Crippen molar-refractivity contribution in [1.29, 1.82) is 5.26 Å². The van der Waals surface area contributed by atoms with Gasteiger partial charge in [0, 0.05) is 0 Å². The van der Waals surface area contributed by atoms with Crippen LogP contribution in [0.3, 0.4) is 0 Å². The van der Waals surface area contributed by atoms with Gasteiger partial charge in [-0.15, -0.1) is 0 Å². The van der Waals surface area contributed by atoms with E-state index in [1.807, 2.05) is 24.3 Å². The summed E-state index contributed by atoms with van der Waals surface area (Å²) < 4.78 is 15.4. The maximum atomic E-state index is 12.1. The Morgan fingerprint density at radius 3 is 2.69 bits per heavy atom. The molecule has 0 unspecified atom stereocenters. The van der Waals surface area contributed by atoms with Crippen molar-refractivity contribution in [3.8, 4) is 11.8 Å². The smallest absolute Gasteiger partial charge is 0.342 e. The number of nitrogens with zero attached hydrogens (tertiary/aromatic N) is 1. The number of furan rings is 1. The lowest BCUT2D eigenvalue weighted by atomic mass is 10.0. The van der Waals surface area contributed by atoms with E-state index in [2.05, 4.69) is 23.9 Å². The third-order valence-corrected chi connectivity index (χ3v) is 3.73. The Morgan fingerprint density at radius 2 is 2.08 bits per heavy atom. The number of anilines is 1. The van der Waals surface area contributed by atoms with E-state index in [9.17, 15) is 14.9 Å². The molecule has 136 valence electrons. The average molecular weight is 356 g/mol. The normalized spacial score (nSPS) is 10.3. The van der Waals surface area contributed by atoms with Crippen LogP contribution in [0.25, 0.3) is 0 Å². The van der Waals surface area contributed by atoms with Crippen molar-refractivity contribution < 1.29 is 23.5 Å². The molecule has 7 heteroatoms. The number of carbonyl (C=O) groups excluding carboxylic acids is 2. The number of methoxy groups -OCH3 is 1. The quantitative estimate of drug-likeness (QED) is 0.796. The molecule has 2 rings (SSSR count). The Bertz CT molecular complexity index is 861. The lowest BCUT2D eigenvalue weighted by Gasteiger charge is -2.09.